The van der Waals surface area contributed by atoms with Crippen LogP contribution in [-0.4, -0.2) is 75.8 Å². The molecular formula is C20H24N4O6S. The maximum Gasteiger partial charge on any atom is 0.312 e. The monoisotopic (exact) mass is 448 g/mol. The number of anilines is 1. The number of nitrogens with zero attached hydrogens (tertiary/aromatic N) is 4. The van der Waals surface area contributed by atoms with E-state index in [1.807, 2.05) is 31.1 Å². The van der Waals surface area contributed by atoms with Crippen LogP contribution in [0, 0.1) is 10.1 Å². The summed E-state index contributed by atoms with van der Waals surface area (Å²) in [4.78, 5) is 26.6. The van der Waals surface area contributed by atoms with Crippen LogP contribution < -0.4 is 9.64 Å². The van der Waals surface area contributed by atoms with Crippen molar-refractivity contribution >= 4 is 27.3 Å². The van der Waals surface area contributed by atoms with Crippen molar-refractivity contribution in [2.75, 3.05) is 52.3 Å². The molecule has 3 rings (SSSR count). The number of amides is 1. The Morgan fingerprint density at radius 1 is 1.06 bits per heavy atom. The first-order valence-corrected chi connectivity index (χ1v) is 11.0. The Hall–Kier alpha value is -3.18. The number of ether oxygens (including phenoxy) is 1. The Bertz CT molecular complexity index is 1080. The molecule has 1 saturated heterocycles. The summed E-state index contributed by atoms with van der Waals surface area (Å²) in [5.41, 5.74) is 1.09. The third-order valence-electron chi connectivity index (χ3n) is 5.14. The molecule has 10 nitrogen and oxygen atoms in total. The molecule has 1 heterocycles. The van der Waals surface area contributed by atoms with Crippen molar-refractivity contribution in [3.05, 3.63) is 58.1 Å². The van der Waals surface area contributed by atoms with Crippen LogP contribution in [0.15, 0.2) is 47.4 Å². The lowest BCUT2D eigenvalue weighted by Crippen LogP contribution is -2.50. The third kappa shape index (κ3) is 4.62. The molecular weight excluding hydrogens is 424 g/mol. The second kappa shape index (κ2) is 8.90. The zero-order chi connectivity index (χ0) is 22.8. The lowest BCUT2D eigenvalue weighted by molar-refractivity contribution is -0.386. The second-order valence-electron chi connectivity index (χ2n) is 7.23. The van der Waals surface area contributed by atoms with E-state index in [9.17, 15) is 23.3 Å². The number of sulfonamides is 1. The summed E-state index contributed by atoms with van der Waals surface area (Å²) in [5.74, 6) is -0.179. The van der Waals surface area contributed by atoms with Crippen LogP contribution in [0.3, 0.4) is 0 Å². The Morgan fingerprint density at radius 3 is 2.19 bits per heavy atom. The number of hydrogen-bond acceptors (Lipinski definition) is 7. The first-order valence-electron chi connectivity index (χ1n) is 9.54. The van der Waals surface area contributed by atoms with E-state index in [1.54, 1.807) is 17.0 Å². The van der Waals surface area contributed by atoms with Crippen LogP contribution in [0.1, 0.15) is 10.4 Å². The minimum Gasteiger partial charge on any atom is -0.490 e. The van der Waals surface area contributed by atoms with Gasteiger partial charge in [-0.3, -0.25) is 14.9 Å². The van der Waals surface area contributed by atoms with Gasteiger partial charge in [0.2, 0.25) is 10.0 Å². The van der Waals surface area contributed by atoms with E-state index in [4.69, 9.17) is 4.74 Å². The van der Waals surface area contributed by atoms with Crippen molar-refractivity contribution in [1.29, 1.82) is 0 Å². The third-order valence-corrected chi connectivity index (χ3v) is 7.04. The lowest BCUT2D eigenvalue weighted by Gasteiger charge is -2.34. The lowest BCUT2D eigenvalue weighted by atomic mass is 10.1. The number of rotatable bonds is 6. The predicted molar refractivity (Wildman–Crippen MR) is 115 cm³/mol. The van der Waals surface area contributed by atoms with Gasteiger partial charge in [-0.05, 0) is 36.4 Å². The fraction of sp³-hybridized carbons (Fsp3) is 0.350. The van der Waals surface area contributed by atoms with Crippen LogP contribution in [0.4, 0.5) is 11.4 Å². The average Bonchev–Trinajstić information content (AvgIpc) is 2.78. The molecule has 1 fully saturated rings. The van der Waals surface area contributed by atoms with E-state index in [-0.39, 0.29) is 42.7 Å². The van der Waals surface area contributed by atoms with Gasteiger partial charge >= 0.3 is 5.69 Å². The molecule has 1 aliphatic rings. The highest BCUT2D eigenvalue weighted by Gasteiger charge is 2.32. The molecule has 0 atom stereocenters. The highest BCUT2D eigenvalue weighted by molar-refractivity contribution is 7.89. The molecule has 166 valence electrons. The van der Waals surface area contributed by atoms with Crippen molar-refractivity contribution in [3.8, 4) is 5.75 Å². The molecule has 2 aromatic carbocycles. The van der Waals surface area contributed by atoms with Crippen LogP contribution in [0.5, 0.6) is 5.75 Å². The number of benzene rings is 2. The van der Waals surface area contributed by atoms with E-state index >= 15 is 0 Å². The minimum absolute atomic E-state index is 0.0142. The van der Waals surface area contributed by atoms with Gasteiger partial charge in [-0.2, -0.15) is 4.31 Å². The van der Waals surface area contributed by atoms with Crippen molar-refractivity contribution in [1.82, 2.24) is 9.21 Å². The molecule has 31 heavy (non-hydrogen) atoms. The zero-order valence-electron chi connectivity index (χ0n) is 17.5. The summed E-state index contributed by atoms with van der Waals surface area (Å²) in [6.07, 6.45) is 0. The van der Waals surface area contributed by atoms with Crippen LogP contribution >= 0.6 is 0 Å². The van der Waals surface area contributed by atoms with Gasteiger partial charge in [-0.1, -0.05) is 0 Å². The van der Waals surface area contributed by atoms with Gasteiger partial charge < -0.3 is 14.5 Å². The van der Waals surface area contributed by atoms with Crippen molar-refractivity contribution < 1.29 is 22.9 Å². The molecule has 0 aromatic heterocycles. The summed E-state index contributed by atoms with van der Waals surface area (Å²) in [5, 5.41) is 11.2. The maximum atomic E-state index is 13.0. The molecule has 11 heteroatoms. The first-order chi connectivity index (χ1) is 14.6. The minimum atomic E-state index is -3.94. The largest absolute Gasteiger partial charge is 0.490 e. The number of piperazine rings is 1. The van der Waals surface area contributed by atoms with Gasteiger partial charge in [0.05, 0.1) is 16.9 Å². The Morgan fingerprint density at radius 2 is 1.68 bits per heavy atom. The molecule has 0 radical (unpaired) electrons. The van der Waals surface area contributed by atoms with E-state index in [2.05, 4.69) is 0 Å². The first kappa shape index (κ1) is 22.5. The Labute approximate surface area is 180 Å². The van der Waals surface area contributed by atoms with E-state index < -0.39 is 20.6 Å². The van der Waals surface area contributed by atoms with Crippen molar-refractivity contribution in [2.45, 2.75) is 4.90 Å². The highest BCUT2D eigenvalue weighted by Crippen LogP contribution is 2.31. The number of nitro groups is 1. The van der Waals surface area contributed by atoms with Gasteiger partial charge in [0.15, 0.2) is 5.75 Å². The second-order valence-corrected chi connectivity index (χ2v) is 9.17. The van der Waals surface area contributed by atoms with Gasteiger partial charge in [0.25, 0.3) is 5.91 Å². The Balaban J connectivity index is 1.72. The van der Waals surface area contributed by atoms with Gasteiger partial charge in [0, 0.05) is 57.6 Å². The summed E-state index contributed by atoms with van der Waals surface area (Å²) in [7, 11) is 1.16. The van der Waals surface area contributed by atoms with Crippen LogP contribution in [0.25, 0.3) is 0 Å². The van der Waals surface area contributed by atoms with E-state index in [0.717, 1.165) is 11.8 Å². The van der Waals surface area contributed by atoms with Gasteiger partial charge in [0.1, 0.15) is 0 Å². The summed E-state index contributed by atoms with van der Waals surface area (Å²) in [6.45, 7) is 0.658. The number of carbonyl (C=O) groups excluding carboxylic acids is 1. The Kier molecular flexibility index (Phi) is 6.46. The van der Waals surface area contributed by atoms with Crippen molar-refractivity contribution in [3.63, 3.8) is 0 Å². The number of methoxy groups -OCH3 is 1. The molecule has 1 aliphatic heterocycles. The van der Waals surface area contributed by atoms with E-state index in [0.29, 0.717) is 5.56 Å². The molecule has 0 spiro atoms. The molecule has 0 saturated carbocycles. The quantitative estimate of drug-likeness (QED) is 0.489. The summed E-state index contributed by atoms with van der Waals surface area (Å²) >= 11 is 0. The number of nitro benzene ring substituents is 1. The van der Waals surface area contributed by atoms with Crippen molar-refractivity contribution in [2.24, 2.45) is 0 Å². The average molecular weight is 449 g/mol. The fourth-order valence-electron chi connectivity index (χ4n) is 3.34. The molecule has 0 N–H and O–H groups in total. The predicted octanol–water partition coefficient (Wildman–Crippen LogP) is 1.82. The van der Waals surface area contributed by atoms with Gasteiger partial charge in [-0.15, -0.1) is 0 Å². The number of carbonyl (C=O) groups is 1. The smallest absolute Gasteiger partial charge is 0.312 e. The highest BCUT2D eigenvalue weighted by atomic mass is 32.2. The van der Waals surface area contributed by atoms with E-state index in [1.165, 1.54) is 23.5 Å². The summed E-state index contributed by atoms with van der Waals surface area (Å²) in [6, 6.07) is 10.7. The van der Waals surface area contributed by atoms with Crippen LogP contribution in [-0.2, 0) is 10.0 Å². The standard InChI is InChI=1S/C20H24N4O6S/c1-21(2)16-6-4-15(5-7-16)20(25)22-10-12-23(13-11-22)31(28,29)17-8-9-19(30-3)18(14-17)24(26)27/h4-9,14H,10-13H2,1-3H3. The topological polar surface area (TPSA) is 113 Å². The zero-order valence-corrected chi connectivity index (χ0v) is 18.3. The fourth-order valence-corrected chi connectivity index (χ4v) is 4.78. The molecule has 2 aromatic rings. The normalized spacial score (nSPS) is 14.9. The van der Waals surface area contributed by atoms with Gasteiger partial charge in [-0.25, -0.2) is 8.42 Å². The molecule has 1 amide bonds. The molecule has 0 aliphatic carbocycles. The molecule has 0 unspecified atom stereocenters. The summed E-state index contributed by atoms with van der Waals surface area (Å²) < 4.78 is 32.1. The molecule has 0 bridgehead atoms. The maximum absolute atomic E-state index is 13.0. The SMILES string of the molecule is COc1ccc(S(=O)(=O)N2CCN(C(=O)c3ccc(N(C)C)cc3)CC2)cc1[N+](=O)[O-]. The van der Waals surface area contributed by atoms with Crippen LogP contribution in [0.2, 0.25) is 0 Å². The number of hydrogen-bond donors (Lipinski definition) is 0.